The molecule has 0 radical (unpaired) electrons. The van der Waals surface area contributed by atoms with Crippen molar-refractivity contribution in [1.82, 2.24) is 9.55 Å². The van der Waals surface area contributed by atoms with E-state index in [-0.39, 0.29) is 23.9 Å². The molecule has 4 aromatic rings. The second-order valence-electron chi connectivity index (χ2n) is 8.19. The molecule has 180 valence electrons. The molecule has 0 aliphatic heterocycles. The zero-order chi connectivity index (χ0) is 25.1. The molecule has 8 nitrogen and oxygen atoms in total. The van der Waals surface area contributed by atoms with Gasteiger partial charge in [0, 0.05) is 11.4 Å². The predicted molar refractivity (Wildman–Crippen MR) is 139 cm³/mol. The summed E-state index contributed by atoms with van der Waals surface area (Å²) >= 11 is 1.16. The van der Waals surface area contributed by atoms with Gasteiger partial charge in [-0.2, -0.15) is 0 Å². The Morgan fingerprint density at radius 3 is 2.49 bits per heavy atom. The van der Waals surface area contributed by atoms with Crippen molar-refractivity contribution in [3.63, 3.8) is 0 Å². The van der Waals surface area contributed by atoms with Gasteiger partial charge in [0.1, 0.15) is 17.1 Å². The van der Waals surface area contributed by atoms with Crippen LogP contribution in [0.15, 0.2) is 53.6 Å². The van der Waals surface area contributed by atoms with E-state index in [4.69, 9.17) is 4.74 Å². The second kappa shape index (κ2) is 10.1. The highest BCUT2D eigenvalue weighted by molar-refractivity contribution is 7.20. The number of fused-ring (bicyclic) bond motifs is 1. The molecule has 2 amide bonds. The van der Waals surface area contributed by atoms with E-state index in [9.17, 15) is 14.4 Å². The smallest absolute Gasteiger partial charge is 0.266 e. The molecular weight excluding hydrogens is 464 g/mol. The Morgan fingerprint density at radius 2 is 1.80 bits per heavy atom. The van der Waals surface area contributed by atoms with Gasteiger partial charge in [-0.3, -0.25) is 19.0 Å². The summed E-state index contributed by atoms with van der Waals surface area (Å²) in [4.78, 5) is 43.9. The summed E-state index contributed by atoms with van der Waals surface area (Å²) in [5, 5.41) is 6.03. The molecule has 2 N–H and O–H groups in total. The Morgan fingerprint density at radius 1 is 1.06 bits per heavy atom. The molecule has 0 saturated carbocycles. The van der Waals surface area contributed by atoms with Crippen molar-refractivity contribution in [1.29, 1.82) is 0 Å². The van der Waals surface area contributed by atoms with Crippen LogP contribution in [0.4, 0.5) is 11.4 Å². The van der Waals surface area contributed by atoms with Crippen molar-refractivity contribution in [3.05, 3.63) is 80.7 Å². The Labute approximate surface area is 206 Å². The zero-order valence-electron chi connectivity index (χ0n) is 20.0. The molecule has 0 fully saturated rings. The van der Waals surface area contributed by atoms with Crippen molar-refractivity contribution < 1.29 is 14.3 Å². The normalized spacial score (nSPS) is 10.9. The lowest BCUT2D eigenvalue weighted by Crippen LogP contribution is -2.28. The number of hydrogen-bond acceptors (Lipinski definition) is 6. The Bertz CT molecular complexity index is 1470. The molecule has 0 aliphatic carbocycles. The van der Waals surface area contributed by atoms with Gasteiger partial charge in [0.2, 0.25) is 5.91 Å². The van der Waals surface area contributed by atoms with Gasteiger partial charge in [-0.25, -0.2) is 4.98 Å². The summed E-state index contributed by atoms with van der Waals surface area (Å²) in [7, 11) is 0. The average molecular weight is 491 g/mol. The largest absolute Gasteiger partial charge is 0.494 e. The number of nitrogens with one attached hydrogen (secondary N) is 2. The van der Waals surface area contributed by atoms with E-state index in [1.807, 2.05) is 39.0 Å². The Hall–Kier alpha value is -3.98. The first-order valence-corrected chi connectivity index (χ1v) is 12.0. The van der Waals surface area contributed by atoms with Crippen LogP contribution in [0, 0.1) is 20.8 Å². The van der Waals surface area contributed by atoms with Gasteiger partial charge in [-0.1, -0.05) is 17.7 Å². The summed E-state index contributed by atoms with van der Waals surface area (Å²) in [5.74, 6) is 0.0523. The lowest BCUT2D eigenvalue weighted by Gasteiger charge is -2.09. The van der Waals surface area contributed by atoms with Crippen LogP contribution in [0.3, 0.4) is 0 Å². The van der Waals surface area contributed by atoms with Crippen molar-refractivity contribution in [2.75, 3.05) is 17.2 Å². The topological polar surface area (TPSA) is 102 Å². The standard InChI is InChI=1S/C26H26N4O4S/c1-5-34-19-9-7-18(8-10-19)28-21(31)13-30-14-27-25-22(26(30)33)17(4)23(35-25)24(32)29-20-11-6-15(2)12-16(20)3/h6-12,14H,5,13H2,1-4H3,(H,28,31)(H,29,32). The lowest BCUT2D eigenvalue weighted by molar-refractivity contribution is -0.116. The second-order valence-corrected chi connectivity index (χ2v) is 9.19. The van der Waals surface area contributed by atoms with Crippen molar-refractivity contribution in [3.8, 4) is 5.75 Å². The average Bonchev–Trinajstić information content (AvgIpc) is 3.16. The highest BCUT2D eigenvalue weighted by atomic mass is 32.1. The first kappa shape index (κ1) is 24.2. The molecular formula is C26H26N4O4S. The zero-order valence-corrected chi connectivity index (χ0v) is 20.8. The van der Waals surface area contributed by atoms with Gasteiger partial charge in [0.05, 0.1) is 23.2 Å². The van der Waals surface area contributed by atoms with E-state index in [1.54, 1.807) is 31.2 Å². The van der Waals surface area contributed by atoms with E-state index in [2.05, 4.69) is 15.6 Å². The summed E-state index contributed by atoms with van der Waals surface area (Å²) in [6, 6.07) is 12.8. The molecule has 35 heavy (non-hydrogen) atoms. The molecule has 0 bridgehead atoms. The van der Waals surface area contributed by atoms with Crippen LogP contribution in [-0.2, 0) is 11.3 Å². The van der Waals surface area contributed by atoms with Crippen LogP contribution >= 0.6 is 11.3 Å². The Kier molecular flexibility index (Phi) is 6.97. The van der Waals surface area contributed by atoms with Crippen LogP contribution in [0.1, 0.15) is 33.3 Å². The molecule has 0 atom stereocenters. The molecule has 4 rings (SSSR count). The minimum Gasteiger partial charge on any atom is -0.494 e. The summed E-state index contributed by atoms with van der Waals surface area (Å²) < 4.78 is 6.65. The molecule has 0 saturated heterocycles. The van der Waals surface area contributed by atoms with Gasteiger partial charge >= 0.3 is 0 Å². The monoisotopic (exact) mass is 490 g/mol. The fraction of sp³-hybridized carbons (Fsp3) is 0.231. The van der Waals surface area contributed by atoms with Gasteiger partial charge in [0.15, 0.2) is 0 Å². The van der Waals surface area contributed by atoms with E-state index < -0.39 is 0 Å². The number of carbonyl (C=O) groups is 2. The summed E-state index contributed by atoms with van der Waals surface area (Å²) in [6.07, 6.45) is 1.34. The van der Waals surface area contributed by atoms with E-state index in [0.29, 0.717) is 44.4 Å². The third-order valence-corrected chi connectivity index (χ3v) is 6.72. The molecule has 9 heteroatoms. The van der Waals surface area contributed by atoms with Crippen LogP contribution in [-0.4, -0.2) is 28.0 Å². The molecule has 0 aliphatic rings. The van der Waals surface area contributed by atoms with Crippen molar-refractivity contribution >= 4 is 44.7 Å². The van der Waals surface area contributed by atoms with Gasteiger partial charge in [-0.05, 0) is 69.2 Å². The predicted octanol–water partition coefficient (Wildman–Crippen LogP) is 4.67. The molecule has 0 spiro atoms. The summed E-state index contributed by atoms with van der Waals surface area (Å²) in [5.41, 5.74) is 3.56. The lowest BCUT2D eigenvalue weighted by atomic mass is 10.1. The molecule has 2 aromatic carbocycles. The molecule has 0 unspecified atom stereocenters. The first-order chi connectivity index (χ1) is 16.8. The third-order valence-electron chi connectivity index (χ3n) is 5.52. The maximum Gasteiger partial charge on any atom is 0.266 e. The number of carbonyl (C=O) groups excluding carboxylic acids is 2. The van der Waals surface area contributed by atoms with Crippen LogP contribution < -0.4 is 20.9 Å². The van der Waals surface area contributed by atoms with Crippen molar-refractivity contribution in [2.45, 2.75) is 34.2 Å². The minimum absolute atomic E-state index is 0.200. The number of benzene rings is 2. The number of aromatic nitrogens is 2. The fourth-order valence-corrected chi connectivity index (χ4v) is 4.81. The number of nitrogens with zero attached hydrogens (tertiary/aromatic N) is 2. The number of thiophene rings is 1. The van der Waals surface area contributed by atoms with Gasteiger partial charge in [-0.15, -0.1) is 11.3 Å². The number of aryl methyl sites for hydroxylation is 3. The van der Waals surface area contributed by atoms with Gasteiger partial charge in [0.25, 0.3) is 11.5 Å². The SMILES string of the molecule is CCOc1ccc(NC(=O)Cn2cnc3sc(C(=O)Nc4ccc(C)cc4C)c(C)c3c2=O)cc1. The highest BCUT2D eigenvalue weighted by Crippen LogP contribution is 2.28. The van der Waals surface area contributed by atoms with Crippen LogP contribution in [0.2, 0.25) is 0 Å². The number of ether oxygens (including phenoxy) is 1. The minimum atomic E-state index is -0.365. The quantitative estimate of drug-likeness (QED) is 0.392. The van der Waals surface area contributed by atoms with Crippen LogP contribution in [0.5, 0.6) is 5.75 Å². The number of amides is 2. The summed E-state index contributed by atoms with van der Waals surface area (Å²) in [6.45, 7) is 7.90. The number of hydrogen-bond donors (Lipinski definition) is 2. The maximum absolute atomic E-state index is 13.1. The Balaban J connectivity index is 1.53. The number of rotatable bonds is 7. The highest BCUT2D eigenvalue weighted by Gasteiger charge is 2.20. The van der Waals surface area contributed by atoms with Crippen molar-refractivity contribution in [2.24, 2.45) is 0 Å². The van der Waals surface area contributed by atoms with E-state index in [1.165, 1.54) is 10.9 Å². The number of anilines is 2. The molecule has 2 heterocycles. The van der Waals surface area contributed by atoms with E-state index in [0.717, 1.165) is 22.5 Å². The molecule has 2 aromatic heterocycles. The first-order valence-electron chi connectivity index (χ1n) is 11.2. The van der Waals surface area contributed by atoms with E-state index >= 15 is 0 Å². The fourth-order valence-electron chi connectivity index (χ4n) is 3.78. The van der Waals surface area contributed by atoms with Gasteiger partial charge < -0.3 is 15.4 Å². The van der Waals surface area contributed by atoms with Crippen LogP contribution in [0.25, 0.3) is 10.2 Å². The third kappa shape index (κ3) is 5.25. The maximum atomic E-state index is 13.1.